The van der Waals surface area contributed by atoms with Crippen molar-refractivity contribution in [2.24, 2.45) is 0 Å². The van der Waals surface area contributed by atoms with E-state index in [0.717, 1.165) is 57.8 Å². The molecule has 0 spiro atoms. The molecule has 6 heteroatoms. The molecule has 78 heavy (non-hydrogen) atoms. The lowest BCUT2D eigenvalue weighted by Crippen LogP contribution is -2.45. The summed E-state index contributed by atoms with van der Waals surface area (Å²) in [6.45, 7) is 4.89. The number of rotatable bonds is 64. The second kappa shape index (κ2) is 67.1. The molecule has 0 aliphatic carbocycles. The molecule has 0 aromatic rings. The van der Waals surface area contributed by atoms with Gasteiger partial charge in [0.05, 0.1) is 25.4 Å². The molecule has 0 rings (SSSR count). The van der Waals surface area contributed by atoms with Crippen LogP contribution in [0.5, 0.6) is 0 Å². The van der Waals surface area contributed by atoms with Gasteiger partial charge in [-0.25, -0.2) is 0 Å². The van der Waals surface area contributed by atoms with Crippen molar-refractivity contribution in [2.45, 2.75) is 373 Å². The molecular weight excluding hydrogens is 959 g/mol. The van der Waals surface area contributed by atoms with Gasteiger partial charge in [0, 0.05) is 12.8 Å². The zero-order valence-electron chi connectivity index (χ0n) is 52.1. The maximum absolute atomic E-state index is 12.5. The van der Waals surface area contributed by atoms with Gasteiger partial charge in [-0.15, -0.1) is 0 Å². The van der Waals surface area contributed by atoms with Gasteiger partial charge in [-0.1, -0.05) is 312 Å². The maximum Gasteiger partial charge on any atom is 0.305 e. The van der Waals surface area contributed by atoms with E-state index in [-0.39, 0.29) is 18.5 Å². The third-order valence-corrected chi connectivity index (χ3v) is 15.8. The average Bonchev–Trinajstić information content (AvgIpc) is 3.44. The van der Waals surface area contributed by atoms with Gasteiger partial charge in [0.15, 0.2) is 0 Å². The molecule has 0 aromatic carbocycles. The van der Waals surface area contributed by atoms with Crippen molar-refractivity contribution >= 4 is 11.9 Å². The number of carbonyl (C=O) groups excluding carboxylic acids is 2. The Morgan fingerprint density at radius 3 is 1.00 bits per heavy atom. The molecule has 0 saturated carbocycles. The van der Waals surface area contributed by atoms with Crippen LogP contribution in [0.1, 0.15) is 361 Å². The Labute approximate surface area is 486 Å². The highest BCUT2D eigenvalue weighted by atomic mass is 16.5. The van der Waals surface area contributed by atoms with E-state index >= 15 is 0 Å². The molecule has 6 nitrogen and oxygen atoms in total. The first-order valence-corrected chi connectivity index (χ1v) is 34.6. The van der Waals surface area contributed by atoms with Crippen molar-refractivity contribution in [1.29, 1.82) is 0 Å². The van der Waals surface area contributed by atoms with Crippen LogP contribution in [0.4, 0.5) is 0 Å². The number of nitrogens with one attached hydrogen (secondary N) is 1. The normalized spacial score (nSPS) is 12.9. The number of esters is 1. The number of carbonyl (C=O) groups is 2. The minimum absolute atomic E-state index is 0.00564. The number of amides is 1. The van der Waals surface area contributed by atoms with Gasteiger partial charge in [-0.3, -0.25) is 9.59 Å². The van der Waals surface area contributed by atoms with Gasteiger partial charge in [0.2, 0.25) is 5.91 Å². The molecule has 0 heterocycles. The fourth-order valence-electron chi connectivity index (χ4n) is 10.5. The number of aliphatic hydroxyl groups excluding tert-OH is 2. The summed E-state index contributed by atoms with van der Waals surface area (Å²) >= 11 is 0. The van der Waals surface area contributed by atoms with Crippen LogP contribution in [-0.2, 0) is 14.3 Å². The van der Waals surface area contributed by atoms with Crippen LogP contribution in [-0.4, -0.2) is 47.4 Å². The fourth-order valence-corrected chi connectivity index (χ4v) is 10.5. The van der Waals surface area contributed by atoms with E-state index in [4.69, 9.17) is 4.74 Å². The van der Waals surface area contributed by atoms with Crippen LogP contribution in [0.25, 0.3) is 0 Å². The Bertz CT molecular complexity index is 1350. The molecular formula is C72H133NO5. The molecule has 0 saturated heterocycles. The molecule has 456 valence electrons. The summed E-state index contributed by atoms with van der Waals surface area (Å²) in [4.78, 5) is 24.6. The van der Waals surface area contributed by atoms with Crippen molar-refractivity contribution < 1.29 is 24.5 Å². The first-order valence-electron chi connectivity index (χ1n) is 34.6. The molecule has 3 N–H and O–H groups in total. The van der Waals surface area contributed by atoms with E-state index in [9.17, 15) is 19.8 Å². The molecule has 2 atom stereocenters. The highest BCUT2D eigenvalue weighted by Crippen LogP contribution is 2.17. The predicted molar refractivity (Wildman–Crippen MR) is 342 cm³/mol. The average molecular weight is 1090 g/mol. The van der Waals surface area contributed by atoms with Gasteiger partial charge in [0.25, 0.3) is 0 Å². The Morgan fingerprint density at radius 2 is 0.641 bits per heavy atom. The third-order valence-electron chi connectivity index (χ3n) is 15.8. The molecule has 0 radical (unpaired) electrons. The van der Waals surface area contributed by atoms with E-state index in [1.807, 2.05) is 6.08 Å². The smallest absolute Gasteiger partial charge is 0.305 e. The van der Waals surface area contributed by atoms with Crippen LogP contribution in [0.3, 0.4) is 0 Å². The molecule has 0 fully saturated rings. The third kappa shape index (κ3) is 62.8. The first-order chi connectivity index (χ1) is 38.5. The minimum Gasteiger partial charge on any atom is -0.466 e. The van der Waals surface area contributed by atoms with E-state index in [1.165, 1.54) is 276 Å². The molecule has 0 aliphatic rings. The van der Waals surface area contributed by atoms with E-state index in [0.29, 0.717) is 19.4 Å². The largest absolute Gasteiger partial charge is 0.466 e. The second-order valence-corrected chi connectivity index (χ2v) is 23.5. The lowest BCUT2D eigenvalue weighted by atomic mass is 10.0. The lowest BCUT2D eigenvalue weighted by Gasteiger charge is -2.20. The van der Waals surface area contributed by atoms with Crippen molar-refractivity contribution in [2.75, 3.05) is 13.2 Å². The maximum atomic E-state index is 12.5. The Morgan fingerprint density at radius 1 is 0.359 bits per heavy atom. The van der Waals surface area contributed by atoms with Crippen LogP contribution in [0.15, 0.2) is 60.8 Å². The van der Waals surface area contributed by atoms with Gasteiger partial charge >= 0.3 is 5.97 Å². The van der Waals surface area contributed by atoms with Crippen molar-refractivity contribution in [3.8, 4) is 0 Å². The topological polar surface area (TPSA) is 95.9 Å². The quantitative estimate of drug-likeness (QED) is 0.0320. The minimum atomic E-state index is -0.851. The number of hydrogen-bond acceptors (Lipinski definition) is 5. The first kappa shape index (κ1) is 75.6. The molecule has 0 aromatic heterocycles. The number of ether oxygens (including phenoxy) is 1. The Balaban J connectivity index is 3.47. The number of hydrogen-bond donors (Lipinski definition) is 3. The summed E-state index contributed by atoms with van der Waals surface area (Å²) in [5, 5.41) is 23.2. The zero-order chi connectivity index (χ0) is 56.4. The summed E-state index contributed by atoms with van der Waals surface area (Å²) in [7, 11) is 0. The van der Waals surface area contributed by atoms with Gasteiger partial charge < -0.3 is 20.3 Å². The molecule has 1 amide bonds. The SMILES string of the molecule is CCCCC/C=C\C/C=C\CCCCCCCC(=O)OCCCCCCCCCCC/C=C\C/C=C\CCCCCCCCCCCC(=O)NC(CO)C(O)/C=C/CCCCCCCCCCCCCCCCCCCCC. The monoisotopic (exact) mass is 1090 g/mol. The van der Waals surface area contributed by atoms with Crippen LogP contribution < -0.4 is 5.32 Å². The summed E-state index contributed by atoms with van der Waals surface area (Å²) in [5.74, 6) is -0.0776. The fraction of sp³-hybridized carbons (Fsp3) is 0.833. The summed E-state index contributed by atoms with van der Waals surface area (Å²) in [6, 6.07) is -0.635. The van der Waals surface area contributed by atoms with Crippen molar-refractivity contribution in [1.82, 2.24) is 5.32 Å². The van der Waals surface area contributed by atoms with E-state index < -0.39 is 12.1 Å². The van der Waals surface area contributed by atoms with E-state index in [1.54, 1.807) is 6.08 Å². The number of aliphatic hydroxyl groups is 2. The van der Waals surface area contributed by atoms with Crippen molar-refractivity contribution in [3.05, 3.63) is 60.8 Å². The number of allylic oxidation sites excluding steroid dienone is 9. The highest BCUT2D eigenvalue weighted by molar-refractivity contribution is 5.76. The number of unbranched alkanes of at least 4 members (excludes halogenated alkanes) is 45. The molecule has 2 unspecified atom stereocenters. The summed E-state index contributed by atoms with van der Waals surface area (Å²) < 4.78 is 5.48. The predicted octanol–water partition coefficient (Wildman–Crippen LogP) is 22.3. The Kier molecular flexibility index (Phi) is 65.0. The highest BCUT2D eigenvalue weighted by Gasteiger charge is 2.18. The zero-order valence-corrected chi connectivity index (χ0v) is 52.1. The van der Waals surface area contributed by atoms with Crippen LogP contribution >= 0.6 is 0 Å². The van der Waals surface area contributed by atoms with Crippen LogP contribution in [0, 0.1) is 0 Å². The Hall–Kier alpha value is -2.44. The van der Waals surface area contributed by atoms with Gasteiger partial charge in [-0.05, 0) is 96.3 Å². The lowest BCUT2D eigenvalue weighted by molar-refractivity contribution is -0.143. The standard InChI is InChI=1S/C72H133NO5/c1-3-5-7-9-11-13-15-17-19-20-21-27-30-33-37-40-44-48-52-56-60-64-70(75)69(68-74)73-71(76)65-61-57-53-49-45-41-38-34-31-28-25-23-22-24-26-29-32-35-39-43-47-51-55-59-63-67-78-72(77)66-62-58-54-50-46-42-36-18-16-14-12-10-8-6-4-2/h12,14,18,23-26,36,60,64,69-70,74-75H,3-11,13,15-17,19-22,27-35,37-59,61-63,65-68H2,1-2H3,(H,73,76)/b14-12-,25-23-,26-24-,36-18-,64-60+. The van der Waals surface area contributed by atoms with E-state index in [2.05, 4.69) is 67.8 Å². The van der Waals surface area contributed by atoms with Gasteiger partial charge in [0.1, 0.15) is 0 Å². The van der Waals surface area contributed by atoms with Crippen molar-refractivity contribution in [3.63, 3.8) is 0 Å². The second-order valence-electron chi connectivity index (χ2n) is 23.5. The van der Waals surface area contributed by atoms with Crippen LogP contribution in [0.2, 0.25) is 0 Å². The molecule has 0 bridgehead atoms. The summed E-state index contributed by atoms with van der Waals surface area (Å²) in [6.07, 6.45) is 88.5. The van der Waals surface area contributed by atoms with Gasteiger partial charge in [-0.2, -0.15) is 0 Å². The summed E-state index contributed by atoms with van der Waals surface area (Å²) in [5.41, 5.74) is 0. The molecule has 0 aliphatic heterocycles.